The minimum atomic E-state index is -3.42. The first-order valence-corrected chi connectivity index (χ1v) is 10.5. The summed E-state index contributed by atoms with van der Waals surface area (Å²) < 4.78 is 79.8. The number of halogens is 5. The Labute approximate surface area is 197 Å². The first-order chi connectivity index (χ1) is 17.0. The van der Waals surface area contributed by atoms with Crippen LogP contribution in [-0.2, 0) is 20.1 Å². The number of carbonyl (C=O) groups is 1. The summed E-state index contributed by atoms with van der Waals surface area (Å²) in [5, 5.41) is 14.2. The molecule has 0 saturated carbocycles. The molecular weight excluding hydrogens is 469 g/mol. The fraction of sp³-hybridized carbons (Fsp3) is 0.200. The molecule has 35 heavy (non-hydrogen) atoms. The molecule has 2 heterocycles. The molecule has 5 rings (SSSR count). The van der Waals surface area contributed by atoms with Crippen molar-refractivity contribution in [1.82, 2.24) is 14.7 Å². The summed E-state index contributed by atoms with van der Waals surface area (Å²) in [6, 6.07) is 8.58. The summed E-state index contributed by atoms with van der Waals surface area (Å²) in [6.45, 7) is -0.420. The number of fused-ring (bicyclic) bond motifs is 2. The lowest BCUT2D eigenvalue weighted by Crippen LogP contribution is -2.25. The van der Waals surface area contributed by atoms with Gasteiger partial charge in [-0.2, -0.15) is 5.10 Å². The third-order valence-corrected chi connectivity index (χ3v) is 6.04. The normalized spacial score (nSPS) is 15.6. The number of nitrogens with zero attached hydrogens (tertiary/aromatic N) is 3. The first-order valence-electron chi connectivity index (χ1n) is 11.0. The topological polar surface area (TPSA) is 58.4 Å². The largest absolute Gasteiger partial charge is 0.382 e. The second kappa shape index (κ2) is 8.46. The molecule has 4 aromatic rings. The Bertz CT molecular complexity index is 1510. The lowest BCUT2D eigenvalue weighted by atomic mass is 9.96. The minimum absolute atomic E-state index is 0.00446. The van der Waals surface area contributed by atoms with Gasteiger partial charge in [0.15, 0.2) is 0 Å². The zero-order valence-corrected chi connectivity index (χ0v) is 18.2. The Morgan fingerprint density at radius 1 is 1.11 bits per heavy atom. The lowest BCUT2D eigenvalue weighted by molar-refractivity contribution is -0.00505. The number of hydrogen-bond acceptors (Lipinski definition) is 3. The molecule has 1 atom stereocenters. The molecule has 180 valence electrons. The molecule has 1 aromatic heterocycles. The van der Waals surface area contributed by atoms with Crippen LogP contribution in [-0.4, -0.2) is 32.1 Å². The minimum Gasteiger partial charge on any atom is -0.382 e. The van der Waals surface area contributed by atoms with Crippen LogP contribution in [0.5, 0.6) is 0 Å². The number of carbonyl (C=O) groups excluding carboxylic acids is 1. The summed E-state index contributed by atoms with van der Waals surface area (Å²) in [4.78, 5) is 13.7. The van der Waals surface area contributed by atoms with E-state index >= 15 is 8.78 Å². The molecule has 1 unspecified atom stereocenters. The van der Waals surface area contributed by atoms with Gasteiger partial charge in [-0.15, -0.1) is 0 Å². The number of aromatic nitrogens is 2. The highest BCUT2D eigenvalue weighted by atomic mass is 19.3. The van der Waals surface area contributed by atoms with Gasteiger partial charge in [0.2, 0.25) is 0 Å². The molecule has 1 amide bonds. The molecule has 10 heteroatoms. The van der Waals surface area contributed by atoms with Crippen LogP contribution < -0.4 is 0 Å². The average molecular weight is 488 g/mol. The Hall–Kier alpha value is -3.79. The second-order valence-corrected chi connectivity index (χ2v) is 8.27. The number of benzene rings is 3. The van der Waals surface area contributed by atoms with E-state index in [0.29, 0.717) is 5.56 Å². The molecule has 0 spiro atoms. The number of hydrogen-bond donors (Lipinski definition) is 1. The van der Waals surface area contributed by atoms with Crippen LogP contribution in [0.2, 0.25) is 0 Å². The smallest absolute Gasteiger partial charge is 0.268 e. The summed E-state index contributed by atoms with van der Waals surface area (Å²) in [6.07, 6.45) is -5.23. The fourth-order valence-electron chi connectivity index (χ4n) is 4.40. The van der Waals surface area contributed by atoms with Gasteiger partial charge in [-0.3, -0.25) is 9.48 Å². The second-order valence-electron chi connectivity index (χ2n) is 8.27. The van der Waals surface area contributed by atoms with Gasteiger partial charge in [0.1, 0.15) is 23.5 Å². The molecule has 5 nitrogen and oxygen atoms in total. The SMILES string of the molecule is [2H]C(O)(c1ccc(-c2cc(F)c(CN3Cc4cccc(F)c4C3=O)c(F)c2)c2cn(C)nc12)C(F)F. The van der Waals surface area contributed by atoms with E-state index in [1.54, 1.807) is 6.07 Å². The Balaban J connectivity index is 1.53. The Morgan fingerprint density at radius 3 is 2.49 bits per heavy atom. The summed E-state index contributed by atoms with van der Waals surface area (Å²) in [7, 11) is 1.50. The molecular formula is C25H18F5N3O2. The highest BCUT2D eigenvalue weighted by Crippen LogP contribution is 2.36. The van der Waals surface area contributed by atoms with Gasteiger partial charge in [0.25, 0.3) is 12.3 Å². The maximum atomic E-state index is 15.1. The Kier molecular flexibility index (Phi) is 5.25. The summed E-state index contributed by atoms with van der Waals surface area (Å²) in [5.74, 6) is -3.29. The van der Waals surface area contributed by atoms with Gasteiger partial charge in [0, 0.05) is 36.3 Å². The number of amides is 1. The zero-order valence-electron chi connectivity index (χ0n) is 19.2. The average Bonchev–Trinajstić information content (AvgIpc) is 3.35. The van der Waals surface area contributed by atoms with E-state index in [1.165, 1.54) is 30.1 Å². The van der Waals surface area contributed by atoms with Gasteiger partial charge < -0.3 is 10.0 Å². The van der Waals surface area contributed by atoms with Crippen molar-refractivity contribution >= 4 is 16.8 Å². The third kappa shape index (κ3) is 3.83. The van der Waals surface area contributed by atoms with Crippen molar-refractivity contribution in [3.63, 3.8) is 0 Å². The third-order valence-electron chi connectivity index (χ3n) is 6.04. The monoisotopic (exact) mass is 488 g/mol. The maximum Gasteiger partial charge on any atom is 0.268 e. The van der Waals surface area contributed by atoms with Crippen molar-refractivity contribution in [2.75, 3.05) is 0 Å². The maximum absolute atomic E-state index is 15.1. The van der Waals surface area contributed by atoms with Crippen LogP contribution in [0.25, 0.3) is 22.0 Å². The highest BCUT2D eigenvalue weighted by molar-refractivity contribution is 5.99. The fourth-order valence-corrected chi connectivity index (χ4v) is 4.40. The summed E-state index contributed by atoms with van der Waals surface area (Å²) >= 11 is 0. The van der Waals surface area contributed by atoms with Crippen molar-refractivity contribution < 1.29 is 33.2 Å². The lowest BCUT2D eigenvalue weighted by Gasteiger charge is -2.18. The molecule has 0 fully saturated rings. The molecule has 3 aromatic carbocycles. The van der Waals surface area contributed by atoms with E-state index in [9.17, 15) is 23.1 Å². The van der Waals surface area contributed by atoms with Crippen LogP contribution in [0.1, 0.15) is 34.5 Å². The van der Waals surface area contributed by atoms with E-state index in [4.69, 9.17) is 1.37 Å². The van der Waals surface area contributed by atoms with Gasteiger partial charge in [-0.05, 0) is 34.9 Å². The predicted octanol–water partition coefficient (Wildman–Crippen LogP) is 5.11. The van der Waals surface area contributed by atoms with E-state index in [1.807, 2.05) is 0 Å². The van der Waals surface area contributed by atoms with Crippen molar-refractivity contribution in [2.45, 2.75) is 25.6 Å². The molecule has 0 radical (unpaired) electrons. The van der Waals surface area contributed by atoms with Crippen molar-refractivity contribution in [2.24, 2.45) is 7.05 Å². The van der Waals surface area contributed by atoms with Gasteiger partial charge >= 0.3 is 0 Å². The van der Waals surface area contributed by atoms with Crippen LogP contribution in [0.3, 0.4) is 0 Å². The highest BCUT2D eigenvalue weighted by Gasteiger charge is 2.31. The van der Waals surface area contributed by atoms with Crippen LogP contribution >= 0.6 is 0 Å². The quantitative estimate of drug-likeness (QED) is 0.397. The van der Waals surface area contributed by atoms with E-state index < -0.39 is 53.5 Å². The van der Waals surface area contributed by atoms with Crippen molar-refractivity contribution in [3.8, 4) is 11.1 Å². The standard InChI is InChI=1S/C25H18F5N3O2/c1-32-10-16-14(5-6-15(22(16)31-32)23(34)24(29)30)13-7-19(27)17(20(28)8-13)11-33-9-12-3-2-4-18(26)21(12)25(33)35/h2-8,10,23-24,34H,9,11H2,1H3/i23D. The molecule has 1 N–H and O–H groups in total. The number of aryl methyl sites for hydroxylation is 1. The molecule has 1 aliphatic heterocycles. The van der Waals surface area contributed by atoms with E-state index in [0.717, 1.165) is 29.2 Å². The van der Waals surface area contributed by atoms with Crippen LogP contribution in [0.15, 0.2) is 48.7 Å². The van der Waals surface area contributed by atoms with Gasteiger partial charge in [0.05, 0.1) is 19.0 Å². The zero-order chi connectivity index (χ0) is 25.9. The van der Waals surface area contributed by atoms with Crippen LogP contribution in [0.4, 0.5) is 22.0 Å². The van der Waals surface area contributed by atoms with Gasteiger partial charge in [-0.25, -0.2) is 22.0 Å². The molecule has 0 aliphatic carbocycles. The van der Waals surface area contributed by atoms with E-state index in [2.05, 4.69) is 5.10 Å². The van der Waals surface area contributed by atoms with Crippen molar-refractivity contribution in [1.29, 1.82) is 0 Å². The van der Waals surface area contributed by atoms with Crippen LogP contribution in [0, 0.1) is 17.5 Å². The number of aliphatic hydroxyl groups is 1. The number of rotatable bonds is 5. The van der Waals surface area contributed by atoms with E-state index in [-0.39, 0.29) is 34.1 Å². The van der Waals surface area contributed by atoms with Gasteiger partial charge in [-0.1, -0.05) is 24.3 Å². The first kappa shape index (κ1) is 21.7. The molecule has 0 saturated heterocycles. The van der Waals surface area contributed by atoms with Crippen molar-refractivity contribution in [3.05, 3.63) is 88.4 Å². The Morgan fingerprint density at radius 2 is 1.83 bits per heavy atom. The predicted molar refractivity (Wildman–Crippen MR) is 117 cm³/mol. The summed E-state index contributed by atoms with van der Waals surface area (Å²) in [5.41, 5.74) is -0.345. The number of alkyl halides is 2. The molecule has 1 aliphatic rings. The molecule has 0 bridgehead atoms.